The number of nitrogens with two attached hydrogens (primary N) is 1. The largest absolute Gasteiger partial charge is 0.366 e. The molecule has 0 aliphatic heterocycles. The molecule has 2 aromatic rings. The Bertz CT molecular complexity index is 1040. The van der Waals surface area contributed by atoms with Crippen LogP contribution in [0.15, 0.2) is 48.5 Å². The molecule has 6 heteroatoms. The predicted molar refractivity (Wildman–Crippen MR) is 125 cm³/mol. The lowest BCUT2D eigenvalue weighted by atomic mass is 9.49. The maximum Gasteiger partial charge on any atom is 0.251 e. The molecule has 4 aliphatic rings. The summed E-state index contributed by atoms with van der Waals surface area (Å²) in [4.78, 5) is 36.9. The SMILES string of the molecule is NC(=O)c1cccc(CNC(=O)c2ccc(CNC(=O)C34CC5CC(CC(C5)C3)C4)cc2)c1. The highest BCUT2D eigenvalue weighted by Crippen LogP contribution is 2.60. The van der Waals surface area contributed by atoms with Gasteiger partial charge in [-0.2, -0.15) is 0 Å². The minimum Gasteiger partial charge on any atom is -0.366 e. The van der Waals surface area contributed by atoms with E-state index in [-0.39, 0.29) is 17.2 Å². The van der Waals surface area contributed by atoms with Crippen molar-refractivity contribution in [2.45, 2.75) is 51.6 Å². The predicted octanol–water partition coefficient (Wildman–Crippen LogP) is 3.55. The summed E-state index contributed by atoms with van der Waals surface area (Å²) in [6.07, 6.45) is 7.16. The maximum atomic E-state index is 13.1. The molecule has 33 heavy (non-hydrogen) atoms. The molecule has 3 amide bonds. The van der Waals surface area contributed by atoms with Crippen molar-refractivity contribution in [2.24, 2.45) is 28.9 Å². The zero-order chi connectivity index (χ0) is 23.0. The van der Waals surface area contributed by atoms with Crippen molar-refractivity contribution < 1.29 is 14.4 Å². The van der Waals surface area contributed by atoms with Crippen molar-refractivity contribution in [1.82, 2.24) is 10.6 Å². The molecule has 6 nitrogen and oxygen atoms in total. The van der Waals surface area contributed by atoms with E-state index < -0.39 is 5.91 Å². The van der Waals surface area contributed by atoms with E-state index in [1.807, 2.05) is 18.2 Å². The zero-order valence-electron chi connectivity index (χ0n) is 18.8. The smallest absolute Gasteiger partial charge is 0.251 e. The van der Waals surface area contributed by atoms with Gasteiger partial charge in [-0.05, 0) is 91.7 Å². The topological polar surface area (TPSA) is 101 Å². The maximum absolute atomic E-state index is 13.1. The summed E-state index contributed by atoms with van der Waals surface area (Å²) in [7, 11) is 0. The number of hydrogen-bond donors (Lipinski definition) is 3. The van der Waals surface area contributed by atoms with Gasteiger partial charge >= 0.3 is 0 Å². The highest BCUT2D eigenvalue weighted by atomic mass is 16.2. The first-order valence-electron chi connectivity index (χ1n) is 11.9. The van der Waals surface area contributed by atoms with Crippen LogP contribution in [0.2, 0.25) is 0 Å². The highest BCUT2D eigenvalue weighted by Gasteiger charge is 2.54. The molecular weight excluding hydrogens is 414 g/mol. The summed E-state index contributed by atoms with van der Waals surface area (Å²) < 4.78 is 0. The van der Waals surface area contributed by atoms with Gasteiger partial charge < -0.3 is 16.4 Å². The number of primary amides is 1. The van der Waals surface area contributed by atoms with Crippen LogP contribution in [0.1, 0.15) is 70.4 Å². The second-order valence-electron chi connectivity index (χ2n) is 10.3. The van der Waals surface area contributed by atoms with Gasteiger partial charge in [0.05, 0.1) is 0 Å². The molecule has 0 aromatic heterocycles. The summed E-state index contributed by atoms with van der Waals surface area (Å²) in [5.41, 5.74) is 7.94. The number of nitrogens with one attached hydrogen (secondary N) is 2. The Labute approximate surface area is 194 Å². The van der Waals surface area contributed by atoms with E-state index in [2.05, 4.69) is 10.6 Å². The van der Waals surface area contributed by atoms with Gasteiger partial charge in [0.1, 0.15) is 0 Å². The van der Waals surface area contributed by atoms with Crippen LogP contribution in [0.3, 0.4) is 0 Å². The Morgan fingerprint density at radius 1 is 0.788 bits per heavy atom. The van der Waals surface area contributed by atoms with Crippen LogP contribution in [0.5, 0.6) is 0 Å². The fraction of sp³-hybridized carbons (Fsp3) is 0.444. The van der Waals surface area contributed by atoms with Crippen molar-refractivity contribution in [3.05, 3.63) is 70.8 Å². The van der Waals surface area contributed by atoms with Gasteiger partial charge in [-0.3, -0.25) is 14.4 Å². The highest BCUT2D eigenvalue weighted by molar-refractivity contribution is 5.94. The van der Waals surface area contributed by atoms with Crippen LogP contribution in [0.25, 0.3) is 0 Å². The van der Waals surface area contributed by atoms with Gasteiger partial charge in [0.2, 0.25) is 11.8 Å². The summed E-state index contributed by atoms with van der Waals surface area (Å²) in [6, 6.07) is 14.2. The Morgan fingerprint density at radius 2 is 1.39 bits per heavy atom. The van der Waals surface area contributed by atoms with Crippen LogP contribution in [-0.4, -0.2) is 17.7 Å². The lowest BCUT2D eigenvalue weighted by Crippen LogP contribution is -2.53. The van der Waals surface area contributed by atoms with E-state index in [1.165, 1.54) is 19.3 Å². The van der Waals surface area contributed by atoms with E-state index in [4.69, 9.17) is 5.73 Å². The van der Waals surface area contributed by atoms with Crippen molar-refractivity contribution in [3.8, 4) is 0 Å². The van der Waals surface area contributed by atoms with Crippen molar-refractivity contribution in [1.29, 1.82) is 0 Å². The molecule has 4 saturated carbocycles. The third-order valence-electron chi connectivity index (χ3n) is 7.85. The number of rotatable bonds is 7. The summed E-state index contributed by atoms with van der Waals surface area (Å²) in [5, 5.41) is 6.05. The number of carbonyl (C=O) groups excluding carboxylic acids is 3. The first-order chi connectivity index (χ1) is 15.9. The van der Waals surface area contributed by atoms with E-state index in [0.29, 0.717) is 24.2 Å². The molecule has 4 N–H and O–H groups in total. The Morgan fingerprint density at radius 3 is 2.00 bits per heavy atom. The summed E-state index contributed by atoms with van der Waals surface area (Å²) >= 11 is 0. The summed E-state index contributed by atoms with van der Waals surface area (Å²) in [5.74, 6) is 1.79. The standard InChI is InChI=1S/C27H31N3O3/c28-24(31)23-3-1-2-18(11-23)16-29-25(32)22-6-4-17(5-7-22)15-30-26(33)27-12-19-8-20(13-27)10-21(9-19)14-27/h1-7,11,19-21H,8-10,12-16H2,(H2,28,31)(H,29,32)(H,30,33). The van der Waals surface area contributed by atoms with Gasteiger partial charge in [0.25, 0.3) is 5.91 Å². The molecule has 4 bridgehead atoms. The van der Waals surface area contributed by atoms with E-state index in [9.17, 15) is 14.4 Å². The fourth-order valence-corrected chi connectivity index (χ4v) is 6.65. The van der Waals surface area contributed by atoms with Crippen molar-refractivity contribution >= 4 is 17.7 Å². The van der Waals surface area contributed by atoms with Crippen LogP contribution >= 0.6 is 0 Å². The number of hydrogen-bond acceptors (Lipinski definition) is 3. The van der Waals surface area contributed by atoms with E-state index in [1.54, 1.807) is 30.3 Å². The lowest BCUT2D eigenvalue weighted by Gasteiger charge is -2.55. The molecule has 0 unspecified atom stereocenters. The first kappa shape index (κ1) is 21.7. The van der Waals surface area contributed by atoms with Crippen molar-refractivity contribution in [2.75, 3.05) is 0 Å². The minimum absolute atomic E-state index is 0.138. The van der Waals surface area contributed by atoms with E-state index in [0.717, 1.165) is 48.1 Å². The Balaban J connectivity index is 1.14. The molecule has 0 spiro atoms. The molecule has 4 fully saturated rings. The van der Waals surface area contributed by atoms with Gasteiger partial charge in [0.15, 0.2) is 0 Å². The van der Waals surface area contributed by atoms with Gasteiger partial charge in [0, 0.05) is 29.6 Å². The van der Waals surface area contributed by atoms with Crippen LogP contribution in [0.4, 0.5) is 0 Å². The first-order valence-corrected chi connectivity index (χ1v) is 11.9. The monoisotopic (exact) mass is 445 g/mol. The van der Waals surface area contributed by atoms with Crippen LogP contribution in [-0.2, 0) is 17.9 Å². The van der Waals surface area contributed by atoms with E-state index >= 15 is 0 Å². The van der Waals surface area contributed by atoms with Gasteiger partial charge in [-0.25, -0.2) is 0 Å². The molecule has 172 valence electrons. The quantitative estimate of drug-likeness (QED) is 0.607. The molecule has 0 radical (unpaired) electrons. The molecule has 2 aromatic carbocycles. The minimum atomic E-state index is -0.492. The fourth-order valence-electron chi connectivity index (χ4n) is 6.65. The molecule has 6 rings (SSSR count). The number of amides is 3. The zero-order valence-corrected chi connectivity index (χ0v) is 18.8. The van der Waals surface area contributed by atoms with Crippen LogP contribution in [0, 0.1) is 23.2 Å². The third-order valence-corrected chi connectivity index (χ3v) is 7.85. The number of benzene rings is 2. The molecular formula is C27H31N3O3. The molecule has 4 aliphatic carbocycles. The second kappa shape index (κ2) is 8.65. The van der Waals surface area contributed by atoms with Gasteiger partial charge in [-0.1, -0.05) is 24.3 Å². The average Bonchev–Trinajstić information content (AvgIpc) is 2.80. The van der Waals surface area contributed by atoms with Crippen molar-refractivity contribution in [3.63, 3.8) is 0 Å². The molecule has 0 saturated heterocycles. The second-order valence-corrected chi connectivity index (χ2v) is 10.3. The normalized spacial score (nSPS) is 27.2. The van der Waals surface area contributed by atoms with Crippen LogP contribution < -0.4 is 16.4 Å². The molecule has 0 heterocycles. The average molecular weight is 446 g/mol. The Kier molecular flexibility index (Phi) is 5.69. The Hall–Kier alpha value is -3.15. The third kappa shape index (κ3) is 4.52. The molecule has 0 atom stereocenters. The number of carbonyl (C=O) groups is 3. The summed E-state index contributed by atoms with van der Waals surface area (Å²) in [6.45, 7) is 0.797. The lowest BCUT2D eigenvalue weighted by molar-refractivity contribution is -0.146. The van der Waals surface area contributed by atoms with Gasteiger partial charge in [-0.15, -0.1) is 0 Å².